The van der Waals surface area contributed by atoms with Gasteiger partial charge in [0.05, 0.1) is 0 Å². The smallest absolute Gasteiger partial charge is 0.313 e. The minimum Gasteiger partial charge on any atom is -0.342 e. The summed E-state index contributed by atoms with van der Waals surface area (Å²) in [6.45, 7) is 0.586. The predicted octanol–water partition coefficient (Wildman–Crippen LogP) is 1.33. The van der Waals surface area contributed by atoms with E-state index in [0.29, 0.717) is 6.54 Å². The van der Waals surface area contributed by atoms with Crippen molar-refractivity contribution in [3.05, 3.63) is 0 Å². The summed E-state index contributed by atoms with van der Waals surface area (Å²) < 4.78 is 0. The standard InChI is InChI=1S/C3H5BrClNO/c4-1-2-6-3(5)7/h1-2H2,(H,6,7). The van der Waals surface area contributed by atoms with Crippen molar-refractivity contribution in [2.24, 2.45) is 0 Å². The molecule has 0 aliphatic carbocycles. The van der Waals surface area contributed by atoms with Gasteiger partial charge in [-0.05, 0) is 11.6 Å². The summed E-state index contributed by atoms with van der Waals surface area (Å²) in [4.78, 5) is 9.84. The highest BCUT2D eigenvalue weighted by atomic mass is 79.9. The number of carbonyl (C=O) groups is 1. The van der Waals surface area contributed by atoms with E-state index in [1.807, 2.05) is 0 Å². The molecule has 0 atom stereocenters. The van der Waals surface area contributed by atoms with E-state index in [1.54, 1.807) is 0 Å². The van der Waals surface area contributed by atoms with Crippen molar-refractivity contribution in [1.29, 1.82) is 0 Å². The van der Waals surface area contributed by atoms with Crippen molar-refractivity contribution in [2.45, 2.75) is 0 Å². The molecule has 0 aromatic rings. The predicted molar refractivity (Wildman–Crippen MR) is 33.0 cm³/mol. The van der Waals surface area contributed by atoms with Gasteiger partial charge >= 0.3 is 5.37 Å². The number of halogens is 2. The van der Waals surface area contributed by atoms with E-state index in [1.165, 1.54) is 0 Å². The zero-order chi connectivity index (χ0) is 5.70. The van der Waals surface area contributed by atoms with Crippen LogP contribution < -0.4 is 5.32 Å². The van der Waals surface area contributed by atoms with E-state index >= 15 is 0 Å². The Balaban J connectivity index is 2.82. The van der Waals surface area contributed by atoms with E-state index in [-0.39, 0.29) is 0 Å². The molecule has 0 saturated carbocycles. The number of nitrogens with one attached hydrogen (secondary N) is 1. The first-order valence-corrected chi connectivity index (χ1v) is 3.26. The molecule has 0 unspecified atom stereocenters. The van der Waals surface area contributed by atoms with Gasteiger partial charge in [-0.2, -0.15) is 0 Å². The first kappa shape index (κ1) is 7.24. The average molecular weight is 186 g/mol. The molecule has 1 N–H and O–H groups in total. The Morgan fingerprint density at radius 2 is 2.43 bits per heavy atom. The Kier molecular flexibility index (Phi) is 4.55. The zero-order valence-corrected chi connectivity index (χ0v) is 5.92. The van der Waals surface area contributed by atoms with Gasteiger partial charge in [0.1, 0.15) is 0 Å². The number of hydrogen-bond donors (Lipinski definition) is 1. The van der Waals surface area contributed by atoms with E-state index in [4.69, 9.17) is 11.6 Å². The molecule has 0 rings (SSSR count). The van der Waals surface area contributed by atoms with Crippen LogP contribution in [0.1, 0.15) is 0 Å². The highest BCUT2D eigenvalue weighted by molar-refractivity contribution is 9.09. The van der Waals surface area contributed by atoms with Gasteiger partial charge in [-0.3, -0.25) is 4.79 Å². The van der Waals surface area contributed by atoms with Gasteiger partial charge in [-0.15, -0.1) is 0 Å². The molecule has 4 heteroatoms. The normalized spacial score (nSPS) is 8.29. The number of hydrogen-bond acceptors (Lipinski definition) is 1. The Hall–Kier alpha value is 0.240. The second-order valence-electron chi connectivity index (χ2n) is 0.889. The van der Waals surface area contributed by atoms with Gasteiger partial charge < -0.3 is 5.32 Å². The van der Waals surface area contributed by atoms with Gasteiger partial charge in [-0.1, -0.05) is 15.9 Å². The Morgan fingerprint density at radius 1 is 1.86 bits per heavy atom. The molecular formula is C3H5BrClNO. The number of alkyl halides is 1. The Bertz CT molecular complexity index is 68.0. The van der Waals surface area contributed by atoms with Crippen LogP contribution in [0.2, 0.25) is 0 Å². The lowest BCUT2D eigenvalue weighted by molar-refractivity contribution is 0.260. The molecule has 0 fully saturated rings. The molecular weight excluding hydrogens is 181 g/mol. The van der Waals surface area contributed by atoms with E-state index in [9.17, 15) is 4.79 Å². The molecule has 0 aromatic carbocycles. The molecule has 2 nitrogen and oxygen atoms in total. The SMILES string of the molecule is O=C(Cl)NCCBr. The summed E-state index contributed by atoms with van der Waals surface area (Å²) in [5.74, 6) is 0. The van der Waals surface area contributed by atoms with E-state index < -0.39 is 5.37 Å². The van der Waals surface area contributed by atoms with Crippen molar-refractivity contribution < 1.29 is 4.79 Å². The molecule has 0 radical (unpaired) electrons. The van der Waals surface area contributed by atoms with Crippen LogP contribution in [-0.2, 0) is 0 Å². The Labute approximate surface area is 55.4 Å². The van der Waals surface area contributed by atoms with Gasteiger partial charge in [0.2, 0.25) is 0 Å². The molecule has 0 saturated heterocycles. The maximum Gasteiger partial charge on any atom is 0.313 e. The van der Waals surface area contributed by atoms with Crippen molar-refractivity contribution >= 4 is 32.9 Å². The third-order valence-corrected chi connectivity index (χ3v) is 0.889. The molecule has 0 bridgehead atoms. The highest BCUT2D eigenvalue weighted by Crippen LogP contribution is 1.78. The van der Waals surface area contributed by atoms with Crippen LogP contribution in [0.5, 0.6) is 0 Å². The fourth-order valence-corrected chi connectivity index (χ4v) is 0.438. The number of rotatable bonds is 2. The average Bonchev–Trinajstić information content (AvgIpc) is 1.61. The van der Waals surface area contributed by atoms with Crippen LogP contribution in [0, 0.1) is 0 Å². The summed E-state index contributed by atoms with van der Waals surface area (Å²) in [5, 5.41) is 2.62. The van der Waals surface area contributed by atoms with Crippen LogP contribution in [0.3, 0.4) is 0 Å². The van der Waals surface area contributed by atoms with Crippen molar-refractivity contribution in [3.63, 3.8) is 0 Å². The van der Waals surface area contributed by atoms with Crippen LogP contribution in [0.4, 0.5) is 4.79 Å². The molecule has 42 valence electrons. The van der Waals surface area contributed by atoms with Gasteiger partial charge in [0.15, 0.2) is 0 Å². The van der Waals surface area contributed by atoms with Crippen LogP contribution >= 0.6 is 27.5 Å². The molecule has 0 aliphatic rings. The fraction of sp³-hybridized carbons (Fsp3) is 0.667. The topological polar surface area (TPSA) is 29.1 Å². The van der Waals surface area contributed by atoms with E-state index in [0.717, 1.165) is 5.33 Å². The molecule has 0 spiro atoms. The van der Waals surface area contributed by atoms with Crippen LogP contribution in [-0.4, -0.2) is 17.2 Å². The molecule has 0 heterocycles. The minimum atomic E-state index is -0.501. The van der Waals surface area contributed by atoms with Gasteiger partial charge in [0, 0.05) is 11.9 Å². The second-order valence-corrected chi connectivity index (χ2v) is 2.03. The summed E-state index contributed by atoms with van der Waals surface area (Å²) in [5.41, 5.74) is 0. The lowest BCUT2D eigenvalue weighted by Crippen LogP contribution is -2.18. The maximum atomic E-state index is 9.84. The Morgan fingerprint density at radius 3 is 2.57 bits per heavy atom. The van der Waals surface area contributed by atoms with Crippen molar-refractivity contribution in [2.75, 3.05) is 11.9 Å². The van der Waals surface area contributed by atoms with Crippen LogP contribution in [0.25, 0.3) is 0 Å². The lowest BCUT2D eigenvalue weighted by Gasteiger charge is -1.90. The first-order chi connectivity index (χ1) is 3.27. The molecule has 1 amide bonds. The molecule has 7 heavy (non-hydrogen) atoms. The van der Waals surface area contributed by atoms with Gasteiger partial charge in [-0.25, -0.2) is 0 Å². The quantitative estimate of drug-likeness (QED) is 0.393. The third kappa shape index (κ3) is 6.24. The maximum absolute atomic E-state index is 9.84. The summed E-state index contributed by atoms with van der Waals surface area (Å²) in [6, 6.07) is 0. The van der Waals surface area contributed by atoms with E-state index in [2.05, 4.69) is 21.2 Å². The van der Waals surface area contributed by atoms with Crippen molar-refractivity contribution in [1.82, 2.24) is 5.32 Å². The fourth-order valence-electron chi connectivity index (χ4n) is 0.146. The molecule has 0 aliphatic heterocycles. The largest absolute Gasteiger partial charge is 0.342 e. The second kappa shape index (κ2) is 4.40. The summed E-state index contributed by atoms with van der Waals surface area (Å²) >= 11 is 7.99. The lowest BCUT2D eigenvalue weighted by atomic mass is 10.8. The highest BCUT2D eigenvalue weighted by Gasteiger charge is 1.87. The van der Waals surface area contributed by atoms with Gasteiger partial charge in [0.25, 0.3) is 0 Å². The number of amides is 1. The number of carbonyl (C=O) groups excluding carboxylic acids is 1. The monoisotopic (exact) mass is 185 g/mol. The van der Waals surface area contributed by atoms with Crippen molar-refractivity contribution in [3.8, 4) is 0 Å². The minimum absolute atomic E-state index is 0.501. The van der Waals surface area contributed by atoms with Crippen LogP contribution in [0.15, 0.2) is 0 Å². The summed E-state index contributed by atoms with van der Waals surface area (Å²) in [7, 11) is 0. The third-order valence-electron chi connectivity index (χ3n) is 0.358. The molecule has 0 aromatic heterocycles. The first-order valence-electron chi connectivity index (χ1n) is 1.76. The zero-order valence-electron chi connectivity index (χ0n) is 3.58. The summed E-state index contributed by atoms with van der Waals surface area (Å²) in [6.07, 6.45) is 0.